The maximum Gasteiger partial charge on any atom is 0.387 e. The van der Waals surface area contributed by atoms with Gasteiger partial charge >= 0.3 is 6.61 Å². The molecule has 0 aliphatic heterocycles. The minimum absolute atomic E-state index is 0.0556. The zero-order valence-corrected chi connectivity index (χ0v) is 15.8. The van der Waals surface area contributed by atoms with Crippen molar-refractivity contribution in [2.75, 3.05) is 14.2 Å². The number of benzene rings is 1. The summed E-state index contributed by atoms with van der Waals surface area (Å²) in [6.07, 6.45) is 5.08. The number of amides is 1. The van der Waals surface area contributed by atoms with Crippen LogP contribution in [0.4, 0.5) is 8.78 Å². The fourth-order valence-corrected chi connectivity index (χ4v) is 3.10. The Balaban J connectivity index is 1.82. The van der Waals surface area contributed by atoms with Gasteiger partial charge in [-0.15, -0.1) is 0 Å². The van der Waals surface area contributed by atoms with Gasteiger partial charge in [-0.1, -0.05) is 0 Å². The van der Waals surface area contributed by atoms with Crippen molar-refractivity contribution in [1.82, 2.24) is 14.7 Å². The molecule has 0 saturated heterocycles. The molecule has 1 saturated carbocycles. The van der Waals surface area contributed by atoms with Gasteiger partial charge in [0.05, 0.1) is 26.1 Å². The van der Waals surface area contributed by atoms with E-state index in [-0.39, 0.29) is 23.1 Å². The van der Waals surface area contributed by atoms with Crippen LogP contribution in [0.15, 0.2) is 36.7 Å². The number of alkyl halides is 2. The Morgan fingerprint density at radius 1 is 1.21 bits per heavy atom. The number of aromatic nitrogens is 2. The van der Waals surface area contributed by atoms with Crippen LogP contribution in [-0.4, -0.2) is 42.2 Å². The summed E-state index contributed by atoms with van der Waals surface area (Å²) in [5.41, 5.74) is 1.69. The fourth-order valence-electron chi connectivity index (χ4n) is 3.10. The van der Waals surface area contributed by atoms with E-state index in [9.17, 15) is 13.6 Å². The number of nitrogens with one attached hydrogen (secondary N) is 1. The number of hydrogen-bond acceptors (Lipinski definition) is 5. The van der Waals surface area contributed by atoms with Crippen LogP contribution in [0.1, 0.15) is 23.2 Å². The molecule has 1 aliphatic rings. The molecule has 0 bridgehead atoms. The third-order valence-electron chi connectivity index (χ3n) is 4.66. The molecule has 0 unspecified atom stereocenters. The average molecular weight is 403 g/mol. The number of hydrogen-bond donors (Lipinski definition) is 1. The van der Waals surface area contributed by atoms with E-state index in [1.54, 1.807) is 42.1 Å². The predicted octanol–water partition coefficient (Wildman–Crippen LogP) is 3.51. The first-order chi connectivity index (χ1) is 14.0. The van der Waals surface area contributed by atoms with Crippen LogP contribution < -0.4 is 19.5 Å². The molecule has 3 aromatic rings. The quantitative estimate of drug-likeness (QED) is 0.654. The van der Waals surface area contributed by atoms with Crippen LogP contribution in [0.2, 0.25) is 0 Å². The van der Waals surface area contributed by atoms with Crippen LogP contribution in [0, 0.1) is 0 Å². The molecule has 1 N–H and O–H groups in total. The van der Waals surface area contributed by atoms with Crippen molar-refractivity contribution >= 4 is 11.6 Å². The lowest BCUT2D eigenvalue weighted by Crippen LogP contribution is -2.26. The maximum absolute atomic E-state index is 13.1. The number of ether oxygens (including phenoxy) is 3. The predicted molar refractivity (Wildman–Crippen MR) is 101 cm³/mol. The van der Waals surface area contributed by atoms with Gasteiger partial charge in [0, 0.05) is 23.9 Å². The highest BCUT2D eigenvalue weighted by atomic mass is 19.3. The van der Waals surface area contributed by atoms with Gasteiger partial charge in [-0.05, 0) is 31.0 Å². The summed E-state index contributed by atoms with van der Waals surface area (Å²) in [6, 6.07) is 6.55. The highest BCUT2D eigenvalue weighted by Crippen LogP contribution is 2.37. The number of imidazole rings is 1. The smallest absolute Gasteiger partial charge is 0.387 e. The topological polar surface area (TPSA) is 74.1 Å². The number of carbonyl (C=O) groups is 1. The van der Waals surface area contributed by atoms with Gasteiger partial charge in [0.1, 0.15) is 28.5 Å². The third kappa shape index (κ3) is 3.80. The van der Waals surface area contributed by atoms with Crippen LogP contribution in [0.3, 0.4) is 0 Å². The largest absolute Gasteiger partial charge is 0.497 e. The second-order valence-electron chi connectivity index (χ2n) is 6.62. The van der Waals surface area contributed by atoms with Gasteiger partial charge in [-0.2, -0.15) is 8.78 Å². The Labute approximate surface area is 165 Å². The number of pyridine rings is 1. The van der Waals surface area contributed by atoms with Gasteiger partial charge in [0.2, 0.25) is 0 Å². The molecule has 0 radical (unpaired) electrons. The zero-order chi connectivity index (χ0) is 20.5. The summed E-state index contributed by atoms with van der Waals surface area (Å²) in [5.74, 6) is 0.0196. The molecule has 2 aromatic heterocycles. The molecule has 1 fully saturated rings. The zero-order valence-electron chi connectivity index (χ0n) is 15.8. The normalized spacial score (nSPS) is 13.6. The molecular formula is C20H19F2N3O4. The molecule has 0 spiro atoms. The first kappa shape index (κ1) is 19.0. The number of methoxy groups -OCH3 is 2. The molecule has 152 valence electrons. The van der Waals surface area contributed by atoms with E-state index in [4.69, 9.17) is 9.47 Å². The summed E-state index contributed by atoms with van der Waals surface area (Å²) in [6.45, 7) is -3.09. The van der Waals surface area contributed by atoms with Crippen molar-refractivity contribution in [3.05, 3.63) is 42.2 Å². The van der Waals surface area contributed by atoms with Crippen LogP contribution in [-0.2, 0) is 0 Å². The van der Waals surface area contributed by atoms with Crippen molar-refractivity contribution in [2.24, 2.45) is 0 Å². The van der Waals surface area contributed by atoms with E-state index in [0.29, 0.717) is 22.7 Å². The van der Waals surface area contributed by atoms with E-state index in [2.05, 4.69) is 15.0 Å². The highest BCUT2D eigenvalue weighted by molar-refractivity contribution is 6.01. The van der Waals surface area contributed by atoms with E-state index in [1.165, 1.54) is 13.2 Å². The first-order valence-corrected chi connectivity index (χ1v) is 8.99. The van der Waals surface area contributed by atoms with E-state index in [0.717, 1.165) is 12.8 Å². The molecular weight excluding hydrogens is 384 g/mol. The molecule has 4 rings (SSSR count). The Morgan fingerprint density at radius 3 is 2.62 bits per heavy atom. The fraction of sp³-hybridized carbons (Fsp3) is 0.300. The third-order valence-corrected chi connectivity index (χ3v) is 4.66. The summed E-state index contributed by atoms with van der Waals surface area (Å²) in [7, 11) is 2.93. The highest BCUT2D eigenvalue weighted by Gasteiger charge is 2.29. The standard InChI is InChI=1S/C20H19F2N3O4/c1-27-13-5-6-25-14(10-23-17(25)9-13)11-7-15(28-2)18(16(8-11)29-20(21)22)19(26)24-12-3-4-12/h5-10,12,20H,3-4H2,1-2H3,(H,24,26). The molecule has 1 aliphatic carbocycles. The van der Waals surface area contributed by atoms with Crippen molar-refractivity contribution < 1.29 is 27.8 Å². The molecule has 0 atom stereocenters. The number of rotatable bonds is 7. The van der Waals surface area contributed by atoms with Crippen LogP contribution >= 0.6 is 0 Å². The molecule has 7 nitrogen and oxygen atoms in total. The molecule has 9 heteroatoms. The molecule has 1 amide bonds. The molecule has 29 heavy (non-hydrogen) atoms. The van der Waals surface area contributed by atoms with Crippen molar-refractivity contribution in [3.63, 3.8) is 0 Å². The number of nitrogens with zero attached hydrogens (tertiary/aromatic N) is 2. The number of carbonyl (C=O) groups excluding carboxylic acids is 1. The van der Waals surface area contributed by atoms with E-state index < -0.39 is 12.5 Å². The minimum atomic E-state index is -3.09. The monoisotopic (exact) mass is 403 g/mol. The van der Waals surface area contributed by atoms with Gasteiger partial charge in [-0.25, -0.2) is 4.98 Å². The van der Waals surface area contributed by atoms with Gasteiger partial charge in [0.25, 0.3) is 5.91 Å². The second-order valence-corrected chi connectivity index (χ2v) is 6.62. The number of fused-ring (bicyclic) bond motifs is 1. The Morgan fingerprint density at radius 2 is 1.97 bits per heavy atom. The van der Waals surface area contributed by atoms with Gasteiger partial charge in [-0.3, -0.25) is 9.20 Å². The summed E-state index contributed by atoms with van der Waals surface area (Å²) in [4.78, 5) is 16.9. The lowest BCUT2D eigenvalue weighted by molar-refractivity contribution is -0.0502. The Bertz CT molecular complexity index is 1060. The second kappa shape index (κ2) is 7.57. The van der Waals surface area contributed by atoms with Crippen LogP contribution in [0.25, 0.3) is 16.9 Å². The van der Waals surface area contributed by atoms with E-state index >= 15 is 0 Å². The Hall–Kier alpha value is -3.36. The number of halogens is 2. The summed E-state index contributed by atoms with van der Waals surface area (Å²) < 4.78 is 43.1. The Kier molecular flexibility index (Phi) is 4.96. The first-order valence-electron chi connectivity index (χ1n) is 8.99. The van der Waals surface area contributed by atoms with Crippen molar-refractivity contribution in [1.29, 1.82) is 0 Å². The van der Waals surface area contributed by atoms with E-state index in [1.807, 2.05) is 0 Å². The average Bonchev–Trinajstić information content (AvgIpc) is 3.41. The molecule has 2 heterocycles. The molecule has 1 aromatic carbocycles. The lowest BCUT2D eigenvalue weighted by atomic mass is 10.1. The lowest BCUT2D eigenvalue weighted by Gasteiger charge is -2.16. The summed E-state index contributed by atoms with van der Waals surface area (Å²) >= 11 is 0. The maximum atomic E-state index is 13.1. The van der Waals surface area contributed by atoms with Crippen molar-refractivity contribution in [2.45, 2.75) is 25.5 Å². The van der Waals surface area contributed by atoms with Gasteiger partial charge < -0.3 is 19.5 Å². The van der Waals surface area contributed by atoms with Crippen LogP contribution in [0.5, 0.6) is 17.2 Å². The summed E-state index contributed by atoms with van der Waals surface area (Å²) in [5, 5.41) is 2.78. The minimum Gasteiger partial charge on any atom is -0.497 e. The van der Waals surface area contributed by atoms with Gasteiger partial charge in [0.15, 0.2) is 0 Å². The SMILES string of the molecule is COc1ccn2c(-c3cc(OC)c(C(=O)NC4CC4)c(OC(F)F)c3)cnc2c1. The van der Waals surface area contributed by atoms with Crippen molar-refractivity contribution in [3.8, 4) is 28.5 Å².